The van der Waals surface area contributed by atoms with E-state index in [1.807, 2.05) is 32.9 Å². The summed E-state index contributed by atoms with van der Waals surface area (Å²) < 4.78 is 19.4. The fourth-order valence-corrected chi connectivity index (χ4v) is 4.66. The minimum atomic E-state index is -0.897. The SMILES string of the molecule is Cc1ccc(N2C(=O)C(=O)/C(=C(\O)c3ccc4c(c3)CC(C)O4)C2c2ccc(F)cc2)cc1C. The van der Waals surface area contributed by atoms with Crippen LogP contribution in [0.25, 0.3) is 5.76 Å². The average molecular weight is 458 g/mol. The van der Waals surface area contributed by atoms with E-state index in [0.29, 0.717) is 23.2 Å². The first-order valence-corrected chi connectivity index (χ1v) is 11.2. The molecule has 2 aliphatic rings. The van der Waals surface area contributed by atoms with E-state index in [-0.39, 0.29) is 17.4 Å². The number of amides is 1. The van der Waals surface area contributed by atoms with Gasteiger partial charge in [-0.15, -0.1) is 0 Å². The molecule has 172 valence electrons. The van der Waals surface area contributed by atoms with E-state index in [1.165, 1.54) is 29.2 Å². The average Bonchev–Trinajstić information content (AvgIpc) is 3.31. The Morgan fingerprint density at radius 2 is 1.74 bits per heavy atom. The van der Waals surface area contributed by atoms with Crippen molar-refractivity contribution in [1.29, 1.82) is 0 Å². The summed E-state index contributed by atoms with van der Waals surface area (Å²) in [5, 5.41) is 11.3. The van der Waals surface area contributed by atoms with Crippen molar-refractivity contribution in [2.45, 2.75) is 39.3 Å². The summed E-state index contributed by atoms with van der Waals surface area (Å²) in [5.41, 5.74) is 4.41. The molecule has 0 aliphatic carbocycles. The van der Waals surface area contributed by atoms with Crippen molar-refractivity contribution in [3.05, 3.63) is 99.9 Å². The fourth-order valence-electron chi connectivity index (χ4n) is 4.66. The Morgan fingerprint density at radius 3 is 2.44 bits per heavy atom. The van der Waals surface area contributed by atoms with Gasteiger partial charge < -0.3 is 9.84 Å². The number of carbonyl (C=O) groups is 2. The zero-order valence-electron chi connectivity index (χ0n) is 19.1. The highest BCUT2D eigenvalue weighted by Crippen LogP contribution is 2.43. The van der Waals surface area contributed by atoms with Crippen molar-refractivity contribution in [3.63, 3.8) is 0 Å². The van der Waals surface area contributed by atoms with Crippen LogP contribution in [0.2, 0.25) is 0 Å². The smallest absolute Gasteiger partial charge is 0.300 e. The Kier molecular flexibility index (Phi) is 5.24. The van der Waals surface area contributed by atoms with Crippen LogP contribution in [0.1, 0.15) is 40.8 Å². The number of benzene rings is 3. The van der Waals surface area contributed by atoms with Crippen molar-refractivity contribution in [2.75, 3.05) is 4.90 Å². The Morgan fingerprint density at radius 1 is 1.00 bits per heavy atom. The highest BCUT2D eigenvalue weighted by atomic mass is 19.1. The van der Waals surface area contributed by atoms with Gasteiger partial charge in [-0.05, 0) is 85.5 Å². The van der Waals surface area contributed by atoms with Gasteiger partial charge >= 0.3 is 0 Å². The van der Waals surface area contributed by atoms with Crippen molar-refractivity contribution in [1.82, 2.24) is 0 Å². The van der Waals surface area contributed by atoms with Crippen molar-refractivity contribution in [2.24, 2.45) is 0 Å². The van der Waals surface area contributed by atoms with Crippen LogP contribution in [0.15, 0.2) is 66.2 Å². The van der Waals surface area contributed by atoms with Crippen LogP contribution in [0.4, 0.5) is 10.1 Å². The molecule has 5 nitrogen and oxygen atoms in total. The summed E-state index contributed by atoms with van der Waals surface area (Å²) in [4.78, 5) is 27.9. The lowest BCUT2D eigenvalue weighted by Gasteiger charge is -2.26. The Hall–Kier alpha value is -3.93. The first-order chi connectivity index (χ1) is 16.2. The van der Waals surface area contributed by atoms with Crippen LogP contribution in [0, 0.1) is 19.7 Å². The number of aliphatic hydroxyl groups is 1. The number of fused-ring (bicyclic) bond motifs is 1. The predicted molar refractivity (Wildman–Crippen MR) is 127 cm³/mol. The molecule has 1 N–H and O–H groups in total. The maximum Gasteiger partial charge on any atom is 0.300 e. The number of carbonyl (C=O) groups excluding carboxylic acids is 2. The van der Waals surface area contributed by atoms with Gasteiger partial charge in [0.05, 0.1) is 11.6 Å². The van der Waals surface area contributed by atoms with E-state index >= 15 is 0 Å². The fraction of sp³-hybridized carbons (Fsp3) is 0.214. The van der Waals surface area contributed by atoms with Gasteiger partial charge in [-0.2, -0.15) is 0 Å². The maximum absolute atomic E-state index is 13.7. The Balaban J connectivity index is 1.69. The van der Waals surface area contributed by atoms with E-state index in [2.05, 4.69) is 0 Å². The van der Waals surface area contributed by atoms with Gasteiger partial charge in [-0.25, -0.2) is 4.39 Å². The number of rotatable bonds is 3. The van der Waals surface area contributed by atoms with Gasteiger partial charge in [-0.3, -0.25) is 14.5 Å². The van der Waals surface area contributed by atoms with Crippen LogP contribution in [0.5, 0.6) is 5.75 Å². The van der Waals surface area contributed by atoms with Crippen LogP contribution >= 0.6 is 0 Å². The number of anilines is 1. The molecule has 2 heterocycles. The molecule has 0 radical (unpaired) electrons. The number of aliphatic hydroxyl groups excluding tert-OH is 1. The molecule has 0 aromatic heterocycles. The van der Waals surface area contributed by atoms with Gasteiger partial charge in [0.2, 0.25) is 0 Å². The van der Waals surface area contributed by atoms with Crippen LogP contribution in [-0.4, -0.2) is 22.9 Å². The third-order valence-corrected chi connectivity index (χ3v) is 6.57. The molecule has 2 aliphatic heterocycles. The molecule has 2 unspecified atom stereocenters. The minimum Gasteiger partial charge on any atom is -0.507 e. The first kappa shape index (κ1) is 21.9. The lowest BCUT2D eigenvalue weighted by Crippen LogP contribution is -2.29. The second-order valence-electron chi connectivity index (χ2n) is 8.94. The molecule has 0 bridgehead atoms. The summed E-state index contributed by atoms with van der Waals surface area (Å²) in [6.07, 6.45) is 0.719. The van der Waals surface area contributed by atoms with Gasteiger partial charge in [0.25, 0.3) is 11.7 Å². The van der Waals surface area contributed by atoms with E-state index in [1.54, 1.807) is 24.3 Å². The molecule has 5 rings (SSSR count). The third-order valence-electron chi connectivity index (χ3n) is 6.57. The van der Waals surface area contributed by atoms with Gasteiger partial charge in [0, 0.05) is 17.7 Å². The molecule has 34 heavy (non-hydrogen) atoms. The number of nitrogens with zero attached hydrogens (tertiary/aromatic N) is 1. The molecule has 3 aromatic carbocycles. The first-order valence-electron chi connectivity index (χ1n) is 11.2. The highest BCUT2D eigenvalue weighted by Gasteiger charge is 2.47. The number of Topliss-reactive ketones (excluding diaryl/α,β-unsaturated/α-hetero) is 1. The number of hydrogen-bond donors (Lipinski definition) is 1. The Labute approximate surface area is 197 Å². The van der Waals surface area contributed by atoms with Gasteiger partial charge in [0.15, 0.2) is 0 Å². The standard InChI is InChI=1S/C28H24FNO4/c1-15-4-10-22(12-16(15)2)30-25(18-5-8-21(29)9-6-18)24(27(32)28(30)33)26(31)19-7-11-23-20(14-19)13-17(3)34-23/h4-12,14,17,25,31H,13H2,1-3H3/b26-24-. The molecule has 6 heteroatoms. The molecular formula is C28H24FNO4. The van der Waals surface area contributed by atoms with E-state index in [9.17, 15) is 19.1 Å². The molecule has 3 aromatic rings. The van der Waals surface area contributed by atoms with Gasteiger partial charge in [-0.1, -0.05) is 18.2 Å². The number of aryl methyl sites for hydroxylation is 2. The number of hydrogen-bond acceptors (Lipinski definition) is 4. The molecule has 0 saturated carbocycles. The van der Waals surface area contributed by atoms with Crippen LogP contribution in [0.3, 0.4) is 0 Å². The predicted octanol–water partition coefficient (Wildman–Crippen LogP) is 5.39. The largest absolute Gasteiger partial charge is 0.507 e. The molecule has 1 fully saturated rings. The zero-order valence-corrected chi connectivity index (χ0v) is 19.1. The molecule has 1 saturated heterocycles. The number of ketones is 1. The van der Waals surface area contributed by atoms with Gasteiger partial charge in [0.1, 0.15) is 23.4 Å². The lowest BCUT2D eigenvalue weighted by molar-refractivity contribution is -0.132. The van der Waals surface area contributed by atoms with E-state index in [4.69, 9.17) is 4.74 Å². The summed E-state index contributed by atoms with van der Waals surface area (Å²) in [6, 6.07) is 15.5. The van der Waals surface area contributed by atoms with Crippen LogP contribution < -0.4 is 9.64 Å². The number of ether oxygens (including phenoxy) is 1. The minimum absolute atomic E-state index is 0.0262. The lowest BCUT2D eigenvalue weighted by atomic mass is 9.94. The Bertz CT molecular complexity index is 1360. The molecule has 1 amide bonds. The molecular weight excluding hydrogens is 433 g/mol. The van der Waals surface area contributed by atoms with Crippen LogP contribution in [-0.2, 0) is 16.0 Å². The summed E-state index contributed by atoms with van der Waals surface area (Å²) >= 11 is 0. The zero-order chi connectivity index (χ0) is 24.1. The maximum atomic E-state index is 13.7. The third kappa shape index (κ3) is 3.55. The monoisotopic (exact) mass is 457 g/mol. The second kappa shape index (κ2) is 8.13. The quantitative estimate of drug-likeness (QED) is 0.325. The number of halogens is 1. The summed E-state index contributed by atoms with van der Waals surface area (Å²) in [7, 11) is 0. The summed E-state index contributed by atoms with van der Waals surface area (Å²) in [6.45, 7) is 5.85. The van der Waals surface area contributed by atoms with Crippen molar-refractivity contribution >= 4 is 23.1 Å². The summed E-state index contributed by atoms with van der Waals surface area (Å²) in [5.74, 6) is -1.47. The van der Waals surface area contributed by atoms with E-state index < -0.39 is 23.5 Å². The molecule has 2 atom stereocenters. The van der Waals surface area contributed by atoms with Crippen molar-refractivity contribution in [3.8, 4) is 5.75 Å². The highest BCUT2D eigenvalue weighted by molar-refractivity contribution is 6.51. The van der Waals surface area contributed by atoms with E-state index in [0.717, 1.165) is 22.4 Å². The normalized spacial score (nSPS) is 21.0. The molecule has 0 spiro atoms. The second-order valence-corrected chi connectivity index (χ2v) is 8.94. The van der Waals surface area contributed by atoms with Crippen molar-refractivity contribution < 1.29 is 23.8 Å². The topological polar surface area (TPSA) is 66.8 Å².